The number of amides is 2. The number of furan rings is 1. The van der Waals surface area contributed by atoms with Gasteiger partial charge >= 0.3 is 5.69 Å². The molecule has 3 fully saturated rings. The third-order valence-electron chi connectivity index (χ3n) is 7.05. The molecule has 9 heteroatoms. The molecule has 2 saturated carbocycles. The number of hydrogen-bond donors (Lipinski definition) is 0. The maximum atomic E-state index is 12.9. The summed E-state index contributed by atoms with van der Waals surface area (Å²) in [6.45, 7) is -0.0117. The van der Waals surface area contributed by atoms with E-state index in [1.807, 2.05) is 0 Å². The number of para-hydroxylation sites is 2. The van der Waals surface area contributed by atoms with Crippen LogP contribution in [0.5, 0.6) is 5.75 Å². The van der Waals surface area contributed by atoms with Gasteiger partial charge in [-0.1, -0.05) is 24.3 Å². The van der Waals surface area contributed by atoms with Gasteiger partial charge in [0.05, 0.1) is 23.0 Å². The summed E-state index contributed by atoms with van der Waals surface area (Å²) < 4.78 is 11.1. The maximum Gasteiger partial charge on any atom is 0.310 e. The van der Waals surface area contributed by atoms with E-state index in [1.165, 1.54) is 18.3 Å². The minimum absolute atomic E-state index is 0.0117. The fraction of sp³-hybridized carbons (Fsp3) is 0.348. The highest BCUT2D eigenvalue weighted by atomic mass is 16.6. The lowest BCUT2D eigenvalue weighted by Gasteiger charge is -2.37. The van der Waals surface area contributed by atoms with Gasteiger partial charge in [0.1, 0.15) is 18.1 Å². The summed E-state index contributed by atoms with van der Waals surface area (Å²) in [6, 6.07) is 9.38. The van der Waals surface area contributed by atoms with E-state index >= 15 is 0 Å². The van der Waals surface area contributed by atoms with Gasteiger partial charge in [0.25, 0.3) is 11.8 Å². The van der Waals surface area contributed by atoms with Gasteiger partial charge in [0.2, 0.25) is 0 Å². The highest BCUT2D eigenvalue weighted by molar-refractivity contribution is 6.06. The fourth-order valence-electron chi connectivity index (χ4n) is 5.59. The van der Waals surface area contributed by atoms with Gasteiger partial charge in [0, 0.05) is 6.07 Å². The number of nitro groups is 1. The van der Waals surface area contributed by atoms with Crippen LogP contribution in [0.25, 0.3) is 0 Å². The quantitative estimate of drug-likeness (QED) is 0.227. The van der Waals surface area contributed by atoms with Crippen LogP contribution in [0.4, 0.5) is 5.69 Å². The molecule has 2 heterocycles. The third kappa shape index (κ3) is 2.80. The molecule has 0 radical (unpaired) electrons. The molecule has 9 nitrogen and oxygen atoms in total. The summed E-state index contributed by atoms with van der Waals surface area (Å²) in [7, 11) is 0. The second-order valence-electron chi connectivity index (χ2n) is 8.71. The van der Waals surface area contributed by atoms with Gasteiger partial charge in [-0.15, -0.1) is 0 Å². The first-order valence-corrected chi connectivity index (χ1v) is 10.6. The van der Waals surface area contributed by atoms with Gasteiger partial charge in [0.15, 0.2) is 5.75 Å². The number of rotatable bonds is 6. The number of carbonyl (C=O) groups excluding carboxylic acids is 2. The molecule has 2 aromatic rings. The molecule has 5 aliphatic rings. The van der Waals surface area contributed by atoms with Crippen molar-refractivity contribution in [3.63, 3.8) is 0 Å². The van der Waals surface area contributed by atoms with Crippen LogP contribution < -0.4 is 4.74 Å². The Kier molecular flexibility index (Phi) is 4.08. The summed E-state index contributed by atoms with van der Waals surface area (Å²) in [6.07, 6.45) is 6.70. The number of benzene rings is 1. The van der Waals surface area contributed by atoms with E-state index in [4.69, 9.17) is 9.15 Å². The average Bonchev–Trinajstić information content (AvgIpc) is 3.45. The number of hydrogen-bond acceptors (Lipinski definition) is 7. The zero-order chi connectivity index (χ0) is 22.0. The van der Waals surface area contributed by atoms with Crippen LogP contribution >= 0.6 is 0 Å². The van der Waals surface area contributed by atoms with Gasteiger partial charge < -0.3 is 9.15 Å². The van der Waals surface area contributed by atoms with E-state index < -0.39 is 4.92 Å². The van der Waals surface area contributed by atoms with Crippen molar-refractivity contribution in [3.8, 4) is 5.75 Å². The van der Waals surface area contributed by atoms with Crippen molar-refractivity contribution < 1.29 is 23.7 Å². The van der Waals surface area contributed by atoms with Crippen LogP contribution in [-0.4, -0.2) is 28.0 Å². The zero-order valence-electron chi connectivity index (χ0n) is 16.9. The molecule has 7 rings (SSSR count). The molecule has 162 valence electrons. The van der Waals surface area contributed by atoms with E-state index in [0.717, 1.165) is 11.4 Å². The van der Waals surface area contributed by atoms with Gasteiger partial charge in [-0.2, -0.15) is 10.1 Å². The Morgan fingerprint density at radius 3 is 2.47 bits per heavy atom. The van der Waals surface area contributed by atoms with Crippen molar-refractivity contribution >= 4 is 23.7 Å². The number of nitro benzene ring substituents is 1. The van der Waals surface area contributed by atoms with Crippen LogP contribution in [-0.2, 0) is 16.2 Å². The van der Waals surface area contributed by atoms with Crippen LogP contribution in [0.3, 0.4) is 0 Å². The molecule has 1 saturated heterocycles. The monoisotopic (exact) mass is 433 g/mol. The summed E-state index contributed by atoms with van der Waals surface area (Å²) in [5, 5.41) is 16.2. The lowest BCUT2D eigenvalue weighted by Crippen LogP contribution is -2.40. The van der Waals surface area contributed by atoms with Crippen molar-refractivity contribution in [2.75, 3.05) is 0 Å². The van der Waals surface area contributed by atoms with Crippen molar-refractivity contribution in [2.24, 2.45) is 40.6 Å². The smallest absolute Gasteiger partial charge is 0.310 e. The van der Waals surface area contributed by atoms with Gasteiger partial charge in [-0.05, 0) is 48.3 Å². The Balaban J connectivity index is 1.14. The van der Waals surface area contributed by atoms with E-state index in [2.05, 4.69) is 17.3 Å². The highest BCUT2D eigenvalue weighted by Gasteiger charge is 2.67. The first-order valence-electron chi connectivity index (χ1n) is 10.6. The van der Waals surface area contributed by atoms with Crippen LogP contribution in [0.2, 0.25) is 0 Å². The Labute approximate surface area is 182 Å². The van der Waals surface area contributed by atoms with Crippen LogP contribution in [0, 0.1) is 45.6 Å². The number of nitrogens with zero attached hydrogens (tertiary/aromatic N) is 3. The molecular weight excluding hydrogens is 414 g/mol. The summed E-state index contributed by atoms with van der Waals surface area (Å²) >= 11 is 0. The molecule has 1 aromatic carbocycles. The van der Waals surface area contributed by atoms with E-state index in [0.29, 0.717) is 23.4 Å². The molecule has 4 aliphatic carbocycles. The predicted molar refractivity (Wildman–Crippen MR) is 110 cm³/mol. The topological polar surface area (TPSA) is 115 Å². The summed E-state index contributed by atoms with van der Waals surface area (Å²) in [5.74, 6) is 1.27. The average molecular weight is 433 g/mol. The normalized spacial score (nSPS) is 31.8. The number of allylic oxidation sites excluding steroid dienone is 2. The van der Waals surface area contributed by atoms with Crippen molar-refractivity contribution in [1.82, 2.24) is 5.01 Å². The Hall–Kier alpha value is -3.75. The highest BCUT2D eigenvalue weighted by Crippen LogP contribution is 2.65. The molecule has 0 N–H and O–H groups in total. The zero-order valence-corrected chi connectivity index (χ0v) is 16.9. The standard InChI is InChI=1S/C23H19N3O6/c27-22-20-14-7-8-15(17-9-16(14)17)21(20)23(28)25(22)24-10-12-5-6-13(32-12)11-31-19-4-2-1-3-18(19)26(29)30/h1-8,10,14-17,20-21H,9,11H2/b24-10-/t14-,15-,16-,17-,20+,21+/m1/s1. The SMILES string of the molecule is O=C1[C@H]2[C@@H]3C=C[C@H]([C@H]4C[C@H]34)[C@@H]2C(=O)N1/N=C\c1ccc(COc2ccccc2[N+](=O)[O-])o1. The molecular formula is C23H19N3O6. The Morgan fingerprint density at radius 1 is 1.09 bits per heavy atom. The second kappa shape index (κ2) is 6.88. The third-order valence-corrected chi connectivity index (χ3v) is 7.05. The molecule has 1 aliphatic heterocycles. The fourth-order valence-corrected chi connectivity index (χ4v) is 5.59. The minimum Gasteiger partial charge on any atom is -0.479 e. The molecule has 32 heavy (non-hydrogen) atoms. The van der Waals surface area contributed by atoms with E-state index in [1.54, 1.807) is 24.3 Å². The first-order chi connectivity index (χ1) is 15.5. The van der Waals surface area contributed by atoms with Crippen molar-refractivity contribution in [3.05, 3.63) is 70.2 Å². The molecule has 2 amide bonds. The number of imide groups is 1. The van der Waals surface area contributed by atoms with Gasteiger partial charge in [-0.25, -0.2) is 0 Å². The molecule has 6 atom stereocenters. The van der Waals surface area contributed by atoms with Crippen LogP contribution in [0.1, 0.15) is 17.9 Å². The van der Waals surface area contributed by atoms with E-state index in [-0.39, 0.29) is 53.5 Å². The van der Waals surface area contributed by atoms with Crippen LogP contribution in [0.15, 0.2) is 58.1 Å². The molecule has 0 spiro atoms. The molecule has 1 aromatic heterocycles. The lowest BCUT2D eigenvalue weighted by molar-refractivity contribution is -0.386. The number of carbonyl (C=O) groups is 2. The first kappa shape index (κ1) is 19.0. The minimum atomic E-state index is -0.511. The maximum absolute atomic E-state index is 12.9. The lowest BCUT2D eigenvalue weighted by atomic mass is 9.63. The summed E-state index contributed by atoms with van der Waals surface area (Å²) in [4.78, 5) is 36.4. The summed E-state index contributed by atoms with van der Waals surface area (Å²) in [5.41, 5.74) is -0.130. The van der Waals surface area contributed by atoms with Gasteiger partial charge in [-0.3, -0.25) is 19.7 Å². The Bertz CT molecular complexity index is 1160. The molecule has 0 unspecified atom stereocenters. The predicted octanol–water partition coefficient (Wildman–Crippen LogP) is 3.15. The van der Waals surface area contributed by atoms with E-state index in [9.17, 15) is 19.7 Å². The number of hydrazone groups is 1. The Morgan fingerprint density at radius 2 is 1.78 bits per heavy atom. The second-order valence-corrected chi connectivity index (χ2v) is 8.71. The largest absolute Gasteiger partial charge is 0.479 e. The molecule has 2 bridgehead atoms. The number of ether oxygens (including phenoxy) is 1. The van der Waals surface area contributed by atoms with Crippen molar-refractivity contribution in [2.45, 2.75) is 13.0 Å². The van der Waals surface area contributed by atoms with Crippen molar-refractivity contribution in [1.29, 1.82) is 0 Å².